The Bertz CT molecular complexity index is 1040. The number of fused-ring (bicyclic) bond motifs is 1. The quantitative estimate of drug-likeness (QED) is 0.607. The molecule has 0 bridgehead atoms. The standard InChI is InChI=1S/C24H23NO5/c1-28-21-16-19-10-6-5-9-18(19)15-20(21)24(27)30-22(17-7-3-2-4-8-17)23(26)25-11-13-29-14-12-25/h2-10,15-16,22H,11-14H2,1H3/t22-/m1/s1. The molecule has 1 amide bonds. The van der Waals surface area contributed by atoms with Gasteiger partial charge in [0.15, 0.2) is 0 Å². The number of rotatable bonds is 5. The molecule has 6 nitrogen and oxygen atoms in total. The van der Waals surface area contributed by atoms with E-state index in [4.69, 9.17) is 14.2 Å². The van der Waals surface area contributed by atoms with Crippen LogP contribution in [-0.4, -0.2) is 50.2 Å². The molecule has 0 radical (unpaired) electrons. The summed E-state index contributed by atoms with van der Waals surface area (Å²) in [6.45, 7) is 1.89. The Morgan fingerprint density at radius 2 is 1.57 bits per heavy atom. The molecule has 0 unspecified atom stereocenters. The Morgan fingerprint density at radius 1 is 0.933 bits per heavy atom. The van der Waals surface area contributed by atoms with Crippen molar-refractivity contribution in [2.45, 2.75) is 6.10 Å². The zero-order valence-corrected chi connectivity index (χ0v) is 16.7. The van der Waals surface area contributed by atoms with E-state index < -0.39 is 12.1 Å². The molecule has 1 fully saturated rings. The number of benzene rings is 3. The van der Waals surface area contributed by atoms with Crippen molar-refractivity contribution in [3.63, 3.8) is 0 Å². The van der Waals surface area contributed by atoms with Crippen molar-refractivity contribution in [2.24, 2.45) is 0 Å². The molecular weight excluding hydrogens is 382 g/mol. The van der Waals surface area contributed by atoms with Crippen molar-refractivity contribution in [2.75, 3.05) is 33.4 Å². The van der Waals surface area contributed by atoms with Gasteiger partial charge < -0.3 is 19.1 Å². The van der Waals surface area contributed by atoms with Crippen LogP contribution in [-0.2, 0) is 14.3 Å². The van der Waals surface area contributed by atoms with E-state index in [9.17, 15) is 9.59 Å². The average Bonchev–Trinajstić information content (AvgIpc) is 2.82. The maximum atomic E-state index is 13.2. The number of hydrogen-bond acceptors (Lipinski definition) is 5. The summed E-state index contributed by atoms with van der Waals surface area (Å²) >= 11 is 0. The molecule has 0 aromatic heterocycles. The number of carbonyl (C=O) groups is 2. The molecule has 0 spiro atoms. The van der Waals surface area contributed by atoms with Crippen LogP contribution in [0.3, 0.4) is 0 Å². The van der Waals surface area contributed by atoms with Gasteiger partial charge in [0.1, 0.15) is 11.3 Å². The van der Waals surface area contributed by atoms with Crippen LogP contribution >= 0.6 is 0 Å². The second kappa shape index (κ2) is 8.97. The van der Waals surface area contributed by atoms with Crippen LogP contribution in [0, 0.1) is 0 Å². The molecule has 0 aliphatic carbocycles. The fourth-order valence-corrected chi connectivity index (χ4v) is 3.56. The maximum absolute atomic E-state index is 13.2. The highest BCUT2D eigenvalue weighted by Gasteiger charge is 2.31. The first kappa shape index (κ1) is 19.9. The number of carbonyl (C=O) groups excluding carboxylic acids is 2. The molecule has 1 aliphatic rings. The van der Waals surface area contributed by atoms with Gasteiger partial charge >= 0.3 is 5.97 Å². The van der Waals surface area contributed by atoms with Gasteiger partial charge in [-0.25, -0.2) is 4.79 Å². The van der Waals surface area contributed by atoms with Gasteiger partial charge in [-0.15, -0.1) is 0 Å². The summed E-state index contributed by atoms with van der Waals surface area (Å²) in [7, 11) is 1.51. The van der Waals surface area contributed by atoms with Gasteiger partial charge in [0.25, 0.3) is 5.91 Å². The Balaban J connectivity index is 1.66. The van der Waals surface area contributed by atoms with Crippen LogP contribution in [0.1, 0.15) is 22.0 Å². The molecular formula is C24H23NO5. The number of ether oxygens (including phenoxy) is 3. The summed E-state index contributed by atoms with van der Waals surface area (Å²) in [6, 6.07) is 20.3. The third-order valence-electron chi connectivity index (χ3n) is 5.16. The Hall–Kier alpha value is -3.38. The molecule has 30 heavy (non-hydrogen) atoms. The molecule has 1 heterocycles. The third-order valence-corrected chi connectivity index (χ3v) is 5.16. The van der Waals surface area contributed by atoms with Crippen LogP contribution in [0.25, 0.3) is 10.8 Å². The topological polar surface area (TPSA) is 65.1 Å². The van der Waals surface area contributed by atoms with Crippen molar-refractivity contribution in [1.82, 2.24) is 4.90 Å². The van der Waals surface area contributed by atoms with Gasteiger partial charge in [0.2, 0.25) is 6.10 Å². The second-order valence-corrected chi connectivity index (χ2v) is 7.03. The molecule has 4 rings (SSSR count). The fourth-order valence-electron chi connectivity index (χ4n) is 3.56. The molecule has 6 heteroatoms. The molecule has 0 N–H and O–H groups in total. The molecule has 154 valence electrons. The Morgan fingerprint density at radius 3 is 2.23 bits per heavy atom. The Kier molecular flexibility index (Phi) is 5.95. The highest BCUT2D eigenvalue weighted by Crippen LogP contribution is 2.29. The summed E-state index contributed by atoms with van der Waals surface area (Å²) in [4.78, 5) is 28.0. The van der Waals surface area contributed by atoms with Crippen molar-refractivity contribution in [1.29, 1.82) is 0 Å². The largest absolute Gasteiger partial charge is 0.496 e. The van der Waals surface area contributed by atoms with Gasteiger partial charge in [-0.1, -0.05) is 54.6 Å². The molecule has 3 aromatic carbocycles. The summed E-state index contributed by atoms with van der Waals surface area (Å²) in [6.07, 6.45) is -1.03. The SMILES string of the molecule is COc1cc2ccccc2cc1C(=O)O[C@@H](C(=O)N1CCOCC1)c1ccccc1. The minimum atomic E-state index is -1.03. The maximum Gasteiger partial charge on any atom is 0.343 e. The van der Waals surface area contributed by atoms with E-state index in [2.05, 4.69) is 0 Å². The van der Waals surface area contributed by atoms with Crippen LogP contribution in [0.15, 0.2) is 66.7 Å². The first-order valence-electron chi connectivity index (χ1n) is 9.86. The van der Waals surface area contributed by atoms with Crippen molar-refractivity contribution in [3.05, 3.63) is 77.9 Å². The zero-order valence-electron chi connectivity index (χ0n) is 16.7. The van der Waals surface area contributed by atoms with Crippen LogP contribution in [0.5, 0.6) is 5.75 Å². The molecule has 0 saturated carbocycles. The van der Waals surface area contributed by atoms with Crippen molar-refractivity contribution < 1.29 is 23.8 Å². The highest BCUT2D eigenvalue weighted by molar-refractivity contribution is 6.00. The van der Waals surface area contributed by atoms with Crippen molar-refractivity contribution in [3.8, 4) is 5.75 Å². The highest BCUT2D eigenvalue weighted by atomic mass is 16.6. The molecule has 3 aromatic rings. The van der Waals surface area contributed by atoms with E-state index in [0.29, 0.717) is 37.6 Å². The zero-order chi connectivity index (χ0) is 20.9. The predicted molar refractivity (Wildman–Crippen MR) is 112 cm³/mol. The second-order valence-electron chi connectivity index (χ2n) is 7.03. The Labute approximate surface area is 175 Å². The summed E-state index contributed by atoms with van der Waals surface area (Å²) in [5.74, 6) is -0.449. The lowest BCUT2D eigenvalue weighted by atomic mass is 10.1. The van der Waals surface area contributed by atoms with Crippen LogP contribution in [0.2, 0.25) is 0 Å². The first-order valence-corrected chi connectivity index (χ1v) is 9.86. The van der Waals surface area contributed by atoms with Crippen LogP contribution in [0.4, 0.5) is 0 Å². The predicted octanol–water partition coefficient (Wildman–Crippen LogP) is 3.61. The lowest BCUT2D eigenvalue weighted by molar-refractivity contribution is -0.145. The number of esters is 1. The van der Waals surface area contributed by atoms with Crippen LogP contribution < -0.4 is 4.74 Å². The van der Waals surface area contributed by atoms with E-state index >= 15 is 0 Å². The summed E-state index contributed by atoms with van der Waals surface area (Å²) in [5, 5.41) is 1.84. The number of morpholine rings is 1. The summed E-state index contributed by atoms with van der Waals surface area (Å²) in [5.41, 5.74) is 0.911. The number of nitrogens with zero attached hydrogens (tertiary/aromatic N) is 1. The van der Waals surface area contributed by atoms with E-state index in [0.717, 1.165) is 10.8 Å². The van der Waals surface area contributed by atoms with E-state index in [-0.39, 0.29) is 11.5 Å². The normalized spacial score (nSPS) is 14.9. The lowest BCUT2D eigenvalue weighted by Gasteiger charge is -2.30. The number of amides is 1. The van der Waals surface area contributed by atoms with E-state index in [1.807, 2.05) is 42.5 Å². The monoisotopic (exact) mass is 405 g/mol. The fraction of sp³-hybridized carbons (Fsp3) is 0.250. The lowest BCUT2D eigenvalue weighted by Crippen LogP contribution is -2.44. The smallest absolute Gasteiger partial charge is 0.343 e. The minimum absolute atomic E-state index is 0.252. The van der Waals surface area contributed by atoms with Gasteiger partial charge in [0.05, 0.1) is 20.3 Å². The minimum Gasteiger partial charge on any atom is -0.496 e. The molecule has 1 atom stereocenters. The molecule has 1 saturated heterocycles. The van der Waals surface area contributed by atoms with Gasteiger partial charge in [-0.05, 0) is 22.9 Å². The van der Waals surface area contributed by atoms with Gasteiger partial charge in [-0.3, -0.25) is 4.79 Å². The average molecular weight is 405 g/mol. The molecule has 1 aliphatic heterocycles. The first-order chi connectivity index (χ1) is 14.7. The van der Waals surface area contributed by atoms with Gasteiger partial charge in [-0.2, -0.15) is 0 Å². The van der Waals surface area contributed by atoms with E-state index in [1.165, 1.54) is 7.11 Å². The van der Waals surface area contributed by atoms with Crippen molar-refractivity contribution >= 4 is 22.6 Å². The summed E-state index contributed by atoms with van der Waals surface area (Å²) < 4.78 is 16.5. The third kappa shape index (κ3) is 4.14. The number of hydrogen-bond donors (Lipinski definition) is 0. The number of methoxy groups -OCH3 is 1. The van der Waals surface area contributed by atoms with E-state index in [1.54, 1.807) is 29.2 Å². The van der Waals surface area contributed by atoms with Gasteiger partial charge in [0, 0.05) is 18.7 Å².